The second-order valence-electron chi connectivity index (χ2n) is 4.67. The summed E-state index contributed by atoms with van der Waals surface area (Å²) in [5.41, 5.74) is -1.25. The Morgan fingerprint density at radius 1 is 1.28 bits per heavy atom. The van der Waals surface area contributed by atoms with Gasteiger partial charge >= 0.3 is 12.1 Å². The molecule has 0 bridgehead atoms. The number of alkyl halides is 3. The fourth-order valence-electron chi connectivity index (χ4n) is 1.75. The number of carbonyl (C=O) groups excluding carboxylic acids is 1. The minimum Gasteiger partial charge on any atom is -0.461 e. The number of nitro groups is 1. The molecule has 132 valence electrons. The maximum atomic E-state index is 12.6. The van der Waals surface area contributed by atoms with Gasteiger partial charge in [0.2, 0.25) is 0 Å². The molecule has 2 aromatic rings. The first-order chi connectivity index (χ1) is 11.8. The Morgan fingerprint density at radius 3 is 2.64 bits per heavy atom. The Hall–Kier alpha value is -2.62. The number of pyridine rings is 1. The van der Waals surface area contributed by atoms with Crippen LogP contribution in [0.1, 0.15) is 15.9 Å². The molecule has 0 saturated carbocycles. The van der Waals surface area contributed by atoms with Gasteiger partial charge in [0.15, 0.2) is 0 Å². The van der Waals surface area contributed by atoms with Gasteiger partial charge in [-0.05, 0) is 24.3 Å². The van der Waals surface area contributed by atoms with Crippen molar-refractivity contribution in [3.05, 3.63) is 63.8 Å². The molecule has 0 unspecified atom stereocenters. The summed E-state index contributed by atoms with van der Waals surface area (Å²) in [5, 5.41) is 11.0. The van der Waals surface area contributed by atoms with Crippen LogP contribution in [0.3, 0.4) is 0 Å². The fourth-order valence-corrected chi connectivity index (χ4v) is 2.42. The lowest BCUT2D eigenvalue weighted by Gasteiger charge is -2.08. The van der Waals surface area contributed by atoms with Crippen LogP contribution < -0.4 is 0 Å². The van der Waals surface area contributed by atoms with E-state index in [0.717, 1.165) is 24.4 Å². The summed E-state index contributed by atoms with van der Waals surface area (Å²) in [6.07, 6.45) is -3.43. The predicted octanol–water partition coefficient (Wildman–Crippen LogP) is 3.96. The molecule has 0 spiro atoms. The second-order valence-corrected chi connectivity index (χ2v) is 5.79. The van der Waals surface area contributed by atoms with E-state index >= 15 is 0 Å². The van der Waals surface area contributed by atoms with Gasteiger partial charge in [0.25, 0.3) is 5.69 Å². The van der Waals surface area contributed by atoms with E-state index < -0.39 is 22.6 Å². The number of aromatic nitrogens is 1. The van der Waals surface area contributed by atoms with Crippen molar-refractivity contribution in [1.82, 2.24) is 4.98 Å². The molecule has 0 amide bonds. The summed E-state index contributed by atoms with van der Waals surface area (Å²) in [5.74, 6) is -0.557. The molecule has 25 heavy (non-hydrogen) atoms. The number of thioether (sulfide) groups is 1. The van der Waals surface area contributed by atoms with Crippen molar-refractivity contribution in [2.75, 3.05) is 12.4 Å². The number of rotatable bonds is 6. The van der Waals surface area contributed by atoms with E-state index in [1.54, 1.807) is 0 Å². The normalized spacial score (nSPS) is 11.2. The van der Waals surface area contributed by atoms with E-state index in [1.165, 1.54) is 30.0 Å². The molecule has 0 atom stereocenters. The largest absolute Gasteiger partial charge is 0.461 e. The zero-order valence-corrected chi connectivity index (χ0v) is 13.3. The molecule has 0 radical (unpaired) electrons. The number of esters is 1. The molecule has 0 fully saturated rings. The van der Waals surface area contributed by atoms with Crippen LogP contribution in [-0.4, -0.2) is 28.2 Å². The lowest BCUT2D eigenvalue weighted by Crippen LogP contribution is -2.11. The van der Waals surface area contributed by atoms with Gasteiger partial charge < -0.3 is 4.74 Å². The summed E-state index contributed by atoms with van der Waals surface area (Å²) in [7, 11) is 0. The molecule has 1 heterocycles. The minimum atomic E-state index is -4.53. The number of benzene rings is 1. The third kappa shape index (κ3) is 5.45. The van der Waals surface area contributed by atoms with Crippen LogP contribution in [0.4, 0.5) is 18.9 Å². The van der Waals surface area contributed by atoms with Crippen molar-refractivity contribution >= 4 is 23.4 Å². The van der Waals surface area contributed by atoms with Crippen molar-refractivity contribution in [2.45, 2.75) is 11.2 Å². The molecular formula is C15H11F3N2O4S. The van der Waals surface area contributed by atoms with Crippen LogP contribution in [-0.2, 0) is 10.9 Å². The van der Waals surface area contributed by atoms with Gasteiger partial charge in [-0.25, -0.2) is 9.78 Å². The van der Waals surface area contributed by atoms with Crippen molar-refractivity contribution in [1.29, 1.82) is 0 Å². The smallest absolute Gasteiger partial charge is 0.416 e. The number of halogens is 3. The van der Waals surface area contributed by atoms with Crippen molar-refractivity contribution < 1.29 is 27.6 Å². The molecule has 10 heteroatoms. The number of carbonyl (C=O) groups is 1. The molecule has 1 aromatic carbocycles. The van der Waals surface area contributed by atoms with Gasteiger partial charge in [-0.2, -0.15) is 13.2 Å². The van der Waals surface area contributed by atoms with E-state index in [0.29, 0.717) is 10.8 Å². The van der Waals surface area contributed by atoms with Crippen LogP contribution in [0, 0.1) is 10.1 Å². The highest BCUT2D eigenvalue weighted by atomic mass is 32.2. The van der Waals surface area contributed by atoms with Gasteiger partial charge in [0.1, 0.15) is 12.8 Å². The molecule has 0 N–H and O–H groups in total. The molecule has 0 aliphatic carbocycles. The average molecular weight is 372 g/mol. The van der Waals surface area contributed by atoms with E-state index in [-0.39, 0.29) is 17.9 Å². The second kappa shape index (κ2) is 7.97. The highest BCUT2D eigenvalue weighted by molar-refractivity contribution is 7.99. The maximum absolute atomic E-state index is 12.6. The molecule has 1 aromatic heterocycles. The average Bonchev–Trinajstić information content (AvgIpc) is 2.58. The molecular weight excluding hydrogens is 361 g/mol. The van der Waals surface area contributed by atoms with Crippen LogP contribution in [0.15, 0.2) is 47.6 Å². The lowest BCUT2D eigenvalue weighted by molar-refractivity contribution is -0.385. The molecule has 0 saturated heterocycles. The van der Waals surface area contributed by atoms with Crippen molar-refractivity contribution in [2.24, 2.45) is 0 Å². The Morgan fingerprint density at radius 2 is 2.04 bits per heavy atom. The summed E-state index contributed by atoms with van der Waals surface area (Å²) in [4.78, 5) is 25.6. The third-order valence-electron chi connectivity index (χ3n) is 2.92. The highest BCUT2D eigenvalue weighted by Crippen LogP contribution is 2.29. The lowest BCUT2D eigenvalue weighted by atomic mass is 10.1. The van der Waals surface area contributed by atoms with E-state index in [2.05, 4.69) is 4.98 Å². The van der Waals surface area contributed by atoms with Crippen molar-refractivity contribution in [3.8, 4) is 0 Å². The Kier molecular flexibility index (Phi) is 5.97. The number of ether oxygens (including phenoxy) is 1. The summed E-state index contributed by atoms with van der Waals surface area (Å²) in [6, 6.07) is 6.72. The topological polar surface area (TPSA) is 82.3 Å². The van der Waals surface area contributed by atoms with Gasteiger partial charge in [-0.15, -0.1) is 11.8 Å². The predicted molar refractivity (Wildman–Crippen MR) is 83.3 cm³/mol. The van der Waals surface area contributed by atoms with E-state index in [9.17, 15) is 28.1 Å². The first-order valence-corrected chi connectivity index (χ1v) is 7.83. The number of hydrogen-bond acceptors (Lipinski definition) is 6. The number of hydrogen-bond donors (Lipinski definition) is 0. The SMILES string of the molecule is O=C(OCCSc1ccc([N+](=O)[O-])cn1)c1cccc(C(F)(F)F)c1. The van der Waals surface area contributed by atoms with Crippen LogP contribution in [0.5, 0.6) is 0 Å². The summed E-state index contributed by atoms with van der Waals surface area (Å²) < 4.78 is 42.7. The Labute approximate surface area is 144 Å². The highest BCUT2D eigenvalue weighted by Gasteiger charge is 2.31. The Bertz CT molecular complexity index is 766. The van der Waals surface area contributed by atoms with Gasteiger partial charge in [-0.3, -0.25) is 10.1 Å². The summed E-state index contributed by atoms with van der Waals surface area (Å²) >= 11 is 1.19. The molecule has 0 aliphatic rings. The van der Waals surface area contributed by atoms with Gasteiger partial charge in [-0.1, -0.05) is 6.07 Å². The summed E-state index contributed by atoms with van der Waals surface area (Å²) in [6.45, 7) is -0.0432. The zero-order valence-electron chi connectivity index (χ0n) is 12.5. The van der Waals surface area contributed by atoms with Crippen molar-refractivity contribution in [3.63, 3.8) is 0 Å². The monoisotopic (exact) mass is 372 g/mol. The first kappa shape index (κ1) is 18.7. The first-order valence-electron chi connectivity index (χ1n) is 6.85. The van der Waals surface area contributed by atoms with Crippen LogP contribution in [0.25, 0.3) is 0 Å². The van der Waals surface area contributed by atoms with Crippen LogP contribution in [0.2, 0.25) is 0 Å². The van der Waals surface area contributed by atoms with Gasteiger partial charge in [0, 0.05) is 11.8 Å². The fraction of sp³-hybridized carbons (Fsp3) is 0.200. The Balaban J connectivity index is 1.83. The van der Waals surface area contributed by atoms with Gasteiger partial charge in [0.05, 0.1) is 21.1 Å². The third-order valence-corrected chi connectivity index (χ3v) is 3.83. The van der Waals surface area contributed by atoms with Crippen LogP contribution >= 0.6 is 11.8 Å². The molecule has 0 aliphatic heterocycles. The molecule has 6 nitrogen and oxygen atoms in total. The zero-order chi connectivity index (χ0) is 18.4. The van der Waals surface area contributed by atoms with E-state index in [1.807, 2.05) is 0 Å². The number of nitrogens with zero attached hydrogens (tertiary/aromatic N) is 2. The minimum absolute atomic E-state index is 0.0432. The van der Waals surface area contributed by atoms with E-state index in [4.69, 9.17) is 4.74 Å². The quantitative estimate of drug-likeness (QED) is 0.251. The standard InChI is InChI=1S/C15H11F3N2O4S/c16-15(17,18)11-3-1-2-10(8-11)14(21)24-6-7-25-13-5-4-12(9-19-13)20(22)23/h1-5,8-9H,6-7H2. The maximum Gasteiger partial charge on any atom is 0.416 e. The molecule has 2 rings (SSSR count).